The molecule has 0 aliphatic rings. The van der Waals surface area contributed by atoms with E-state index in [0.29, 0.717) is 0 Å². The van der Waals surface area contributed by atoms with Gasteiger partial charge < -0.3 is 5.32 Å². The molecule has 1 heterocycles. The summed E-state index contributed by atoms with van der Waals surface area (Å²) in [5.41, 5.74) is 1.36. The van der Waals surface area contributed by atoms with Crippen LogP contribution in [0.5, 0.6) is 0 Å². The molecular formula is C12H24ClN3S. The Hall–Kier alpha value is -0.160. The van der Waals surface area contributed by atoms with E-state index in [4.69, 9.17) is 0 Å². The average molecular weight is 278 g/mol. The first kappa shape index (κ1) is 16.8. The molecule has 17 heavy (non-hydrogen) atoms. The molecule has 3 nitrogen and oxygen atoms in total. The number of nitrogens with zero attached hydrogens (tertiary/aromatic N) is 2. The number of likely N-dealkylation sites (N-methyl/N-ethyl adjacent to an activating group) is 2. The molecule has 1 aromatic rings. The van der Waals surface area contributed by atoms with Crippen molar-refractivity contribution in [3.8, 4) is 0 Å². The van der Waals surface area contributed by atoms with Crippen LogP contribution in [0.2, 0.25) is 0 Å². The van der Waals surface area contributed by atoms with Crippen LogP contribution >= 0.6 is 23.7 Å². The van der Waals surface area contributed by atoms with Crippen LogP contribution < -0.4 is 5.32 Å². The van der Waals surface area contributed by atoms with Gasteiger partial charge in [0.1, 0.15) is 0 Å². The van der Waals surface area contributed by atoms with Gasteiger partial charge in [-0.1, -0.05) is 20.8 Å². The molecule has 1 N–H and O–H groups in total. The zero-order valence-electron chi connectivity index (χ0n) is 11.4. The molecule has 0 aromatic carbocycles. The predicted molar refractivity (Wildman–Crippen MR) is 78.3 cm³/mol. The average Bonchev–Trinajstić information content (AvgIpc) is 2.62. The van der Waals surface area contributed by atoms with Crippen molar-refractivity contribution in [2.24, 2.45) is 0 Å². The van der Waals surface area contributed by atoms with E-state index in [2.05, 4.69) is 48.4 Å². The van der Waals surface area contributed by atoms with Gasteiger partial charge in [0.2, 0.25) is 0 Å². The molecule has 0 atom stereocenters. The van der Waals surface area contributed by atoms with Gasteiger partial charge in [-0.2, -0.15) is 0 Å². The Bertz CT molecular complexity index is 320. The number of thiazole rings is 1. The van der Waals surface area contributed by atoms with Crippen molar-refractivity contribution in [2.75, 3.05) is 27.2 Å². The molecule has 0 aliphatic heterocycles. The van der Waals surface area contributed by atoms with Crippen LogP contribution in [-0.2, 0) is 12.0 Å². The Morgan fingerprint density at radius 1 is 1.41 bits per heavy atom. The largest absolute Gasteiger partial charge is 0.318 e. The van der Waals surface area contributed by atoms with Crippen molar-refractivity contribution < 1.29 is 0 Å². The summed E-state index contributed by atoms with van der Waals surface area (Å²) in [5.74, 6) is 0. The lowest BCUT2D eigenvalue weighted by atomic mass is 9.98. The highest BCUT2D eigenvalue weighted by atomic mass is 35.5. The third-order valence-corrected chi connectivity index (χ3v) is 3.69. The van der Waals surface area contributed by atoms with Crippen molar-refractivity contribution in [1.82, 2.24) is 15.2 Å². The summed E-state index contributed by atoms with van der Waals surface area (Å²) < 4.78 is 0. The van der Waals surface area contributed by atoms with Crippen molar-refractivity contribution in [3.63, 3.8) is 0 Å². The molecule has 0 spiro atoms. The van der Waals surface area contributed by atoms with Gasteiger partial charge in [0, 0.05) is 30.4 Å². The lowest BCUT2D eigenvalue weighted by molar-refractivity contribution is 0.324. The second-order valence-electron chi connectivity index (χ2n) is 5.24. The number of hydrogen-bond donors (Lipinski definition) is 1. The van der Waals surface area contributed by atoms with Gasteiger partial charge in [0.05, 0.1) is 10.7 Å². The van der Waals surface area contributed by atoms with Crippen LogP contribution in [0.3, 0.4) is 0 Å². The fourth-order valence-electron chi connectivity index (χ4n) is 1.38. The van der Waals surface area contributed by atoms with E-state index in [1.165, 1.54) is 10.7 Å². The second-order valence-corrected chi connectivity index (χ2v) is 6.09. The van der Waals surface area contributed by atoms with Gasteiger partial charge >= 0.3 is 0 Å². The monoisotopic (exact) mass is 277 g/mol. The van der Waals surface area contributed by atoms with Crippen molar-refractivity contribution in [2.45, 2.75) is 32.7 Å². The molecule has 100 valence electrons. The second kappa shape index (κ2) is 7.31. The van der Waals surface area contributed by atoms with Gasteiger partial charge in [0.25, 0.3) is 0 Å². The fourth-order valence-corrected chi connectivity index (χ4v) is 2.28. The quantitative estimate of drug-likeness (QED) is 0.896. The lowest BCUT2D eigenvalue weighted by Crippen LogP contribution is -2.27. The third-order valence-electron chi connectivity index (χ3n) is 2.37. The van der Waals surface area contributed by atoms with Crippen molar-refractivity contribution in [3.05, 3.63) is 16.1 Å². The van der Waals surface area contributed by atoms with E-state index in [9.17, 15) is 0 Å². The summed E-state index contributed by atoms with van der Waals surface area (Å²) >= 11 is 1.77. The lowest BCUT2D eigenvalue weighted by Gasteiger charge is -2.15. The molecule has 0 amide bonds. The zero-order chi connectivity index (χ0) is 12.2. The first-order valence-electron chi connectivity index (χ1n) is 5.71. The van der Waals surface area contributed by atoms with Gasteiger partial charge in [-0.25, -0.2) is 4.98 Å². The van der Waals surface area contributed by atoms with Crippen LogP contribution in [0.15, 0.2) is 5.38 Å². The smallest absolute Gasteiger partial charge is 0.0982 e. The number of rotatable bonds is 5. The minimum absolute atomic E-state index is 0. The van der Waals surface area contributed by atoms with Gasteiger partial charge in [-0.15, -0.1) is 23.7 Å². The van der Waals surface area contributed by atoms with Crippen LogP contribution in [0.1, 0.15) is 31.5 Å². The molecule has 0 fully saturated rings. The van der Waals surface area contributed by atoms with Crippen LogP contribution in [-0.4, -0.2) is 37.1 Å². The normalized spacial score (nSPS) is 11.6. The molecule has 0 unspecified atom stereocenters. The summed E-state index contributed by atoms with van der Waals surface area (Å²) in [6, 6.07) is 0. The molecule has 0 aliphatic carbocycles. The number of hydrogen-bond acceptors (Lipinski definition) is 4. The Balaban J connectivity index is 0.00000256. The molecule has 0 saturated heterocycles. The van der Waals surface area contributed by atoms with Crippen molar-refractivity contribution in [1.29, 1.82) is 0 Å². The predicted octanol–water partition coefficient (Wildman–Crippen LogP) is 2.51. The van der Waals surface area contributed by atoms with Crippen LogP contribution in [0.4, 0.5) is 0 Å². The Morgan fingerprint density at radius 2 is 2.06 bits per heavy atom. The number of aromatic nitrogens is 1. The minimum Gasteiger partial charge on any atom is -0.318 e. The van der Waals surface area contributed by atoms with E-state index in [0.717, 1.165) is 19.6 Å². The van der Waals surface area contributed by atoms with E-state index in [-0.39, 0.29) is 17.8 Å². The van der Waals surface area contributed by atoms with Gasteiger partial charge in [-0.3, -0.25) is 4.90 Å². The summed E-state index contributed by atoms with van der Waals surface area (Å²) in [4.78, 5) is 6.98. The highest BCUT2D eigenvalue weighted by Crippen LogP contribution is 2.25. The van der Waals surface area contributed by atoms with Crippen LogP contribution in [0, 0.1) is 0 Å². The minimum atomic E-state index is 0. The number of halogens is 1. The van der Waals surface area contributed by atoms with Gasteiger partial charge in [-0.05, 0) is 14.1 Å². The molecular weight excluding hydrogens is 254 g/mol. The van der Waals surface area contributed by atoms with Crippen molar-refractivity contribution >= 4 is 23.7 Å². The Labute approximate surface area is 115 Å². The summed E-state index contributed by atoms with van der Waals surface area (Å²) in [5, 5.41) is 6.56. The topological polar surface area (TPSA) is 28.2 Å². The maximum atomic E-state index is 4.69. The third kappa shape index (κ3) is 5.82. The Morgan fingerprint density at radius 3 is 2.53 bits per heavy atom. The number of nitrogens with one attached hydrogen (secondary N) is 1. The van der Waals surface area contributed by atoms with E-state index in [1.807, 2.05) is 7.05 Å². The highest BCUT2D eigenvalue weighted by Gasteiger charge is 2.18. The van der Waals surface area contributed by atoms with Gasteiger partial charge in [0.15, 0.2) is 0 Å². The maximum Gasteiger partial charge on any atom is 0.0982 e. The molecule has 1 aromatic heterocycles. The standard InChI is InChI=1S/C12H23N3S.ClH/c1-12(2,3)11-14-10(9-16-11)8-15(5)7-6-13-4;/h9,13H,6-8H2,1-5H3;1H. The summed E-state index contributed by atoms with van der Waals surface area (Å²) in [6.45, 7) is 9.64. The summed E-state index contributed by atoms with van der Waals surface area (Å²) in [6.07, 6.45) is 0. The Kier molecular flexibility index (Phi) is 7.24. The molecule has 0 saturated carbocycles. The molecule has 1 rings (SSSR count). The fraction of sp³-hybridized carbons (Fsp3) is 0.750. The first-order valence-corrected chi connectivity index (χ1v) is 6.59. The summed E-state index contributed by atoms with van der Waals surface area (Å²) in [7, 11) is 4.11. The van der Waals surface area contributed by atoms with Crippen LogP contribution in [0.25, 0.3) is 0 Å². The molecule has 0 bridgehead atoms. The van der Waals surface area contributed by atoms with E-state index in [1.54, 1.807) is 11.3 Å². The molecule has 0 radical (unpaired) electrons. The van der Waals surface area contributed by atoms with E-state index >= 15 is 0 Å². The zero-order valence-corrected chi connectivity index (χ0v) is 13.0. The maximum absolute atomic E-state index is 4.69. The molecule has 5 heteroatoms. The first-order chi connectivity index (χ1) is 7.43. The SMILES string of the molecule is CNCCN(C)Cc1csc(C(C)(C)C)n1.Cl. The van der Waals surface area contributed by atoms with E-state index < -0.39 is 0 Å². The highest BCUT2D eigenvalue weighted by molar-refractivity contribution is 7.09.